The van der Waals surface area contributed by atoms with E-state index in [1.807, 2.05) is 71.5 Å². The molecule has 0 bridgehead atoms. The molecule has 0 spiro atoms. The first-order valence-corrected chi connectivity index (χ1v) is 12.8. The number of hydrogen-bond acceptors (Lipinski definition) is 5. The van der Waals surface area contributed by atoms with Crippen LogP contribution in [0.3, 0.4) is 0 Å². The number of aromatic nitrogens is 4. The van der Waals surface area contributed by atoms with E-state index in [4.69, 9.17) is 15.1 Å². The Morgan fingerprint density at radius 2 is 1.49 bits per heavy atom. The Morgan fingerprint density at radius 3 is 2.27 bits per heavy atom. The van der Waals surface area contributed by atoms with Gasteiger partial charge in [-0.15, -0.1) is 0 Å². The van der Waals surface area contributed by atoms with E-state index >= 15 is 0 Å². The van der Waals surface area contributed by atoms with E-state index in [-0.39, 0.29) is 5.82 Å². The van der Waals surface area contributed by atoms with Crippen molar-refractivity contribution < 1.29 is 4.39 Å². The van der Waals surface area contributed by atoms with Crippen molar-refractivity contribution in [3.05, 3.63) is 114 Å². The fourth-order valence-electron chi connectivity index (χ4n) is 4.98. The maximum atomic E-state index is 13.3. The van der Waals surface area contributed by atoms with Gasteiger partial charge in [0, 0.05) is 39.1 Å². The summed E-state index contributed by atoms with van der Waals surface area (Å²) in [5, 5.41) is 5.68. The highest BCUT2D eigenvalue weighted by Crippen LogP contribution is 2.27. The summed E-state index contributed by atoms with van der Waals surface area (Å²) in [5.74, 6) is 1.54. The standard InChI is InChI=1S/C30H29FN6/c31-25-14-12-24(13-15-25)22-35-16-7-17-36(19-18-35)29-27-21-32-37(26-10-5-2-6-11-26)30(27)34-28(33-29)20-23-8-3-1-4-9-23/h1-6,8-15,21H,7,16-20,22H2. The zero-order valence-electron chi connectivity index (χ0n) is 20.7. The van der Waals surface area contributed by atoms with Crippen molar-refractivity contribution in [1.29, 1.82) is 0 Å². The quantitative estimate of drug-likeness (QED) is 0.324. The molecular weight excluding hydrogens is 463 g/mol. The van der Waals surface area contributed by atoms with Gasteiger partial charge in [0.2, 0.25) is 0 Å². The molecule has 5 aromatic rings. The van der Waals surface area contributed by atoms with E-state index in [2.05, 4.69) is 21.9 Å². The highest BCUT2D eigenvalue weighted by molar-refractivity contribution is 5.88. The lowest BCUT2D eigenvalue weighted by atomic mass is 10.1. The Balaban J connectivity index is 1.32. The van der Waals surface area contributed by atoms with Crippen molar-refractivity contribution in [1.82, 2.24) is 24.6 Å². The summed E-state index contributed by atoms with van der Waals surface area (Å²) >= 11 is 0. The molecule has 7 heteroatoms. The summed E-state index contributed by atoms with van der Waals surface area (Å²) in [7, 11) is 0. The summed E-state index contributed by atoms with van der Waals surface area (Å²) in [6, 6.07) is 27.3. The van der Waals surface area contributed by atoms with Gasteiger partial charge in [-0.05, 0) is 41.8 Å². The van der Waals surface area contributed by atoms with Crippen molar-refractivity contribution in [2.45, 2.75) is 19.4 Å². The third-order valence-corrected chi connectivity index (χ3v) is 6.87. The Labute approximate surface area is 216 Å². The Bertz CT molecular complexity index is 1470. The fourth-order valence-corrected chi connectivity index (χ4v) is 4.98. The lowest BCUT2D eigenvalue weighted by molar-refractivity contribution is 0.285. The second kappa shape index (κ2) is 10.5. The minimum Gasteiger partial charge on any atom is -0.355 e. The average Bonchev–Trinajstić information content (AvgIpc) is 3.22. The van der Waals surface area contributed by atoms with Gasteiger partial charge >= 0.3 is 0 Å². The topological polar surface area (TPSA) is 50.1 Å². The van der Waals surface area contributed by atoms with Gasteiger partial charge in [-0.2, -0.15) is 5.10 Å². The number of fused-ring (bicyclic) bond motifs is 1. The number of anilines is 1. The zero-order valence-corrected chi connectivity index (χ0v) is 20.7. The molecule has 1 aliphatic heterocycles. The molecule has 1 fully saturated rings. The first kappa shape index (κ1) is 23.3. The predicted molar refractivity (Wildman–Crippen MR) is 144 cm³/mol. The number of hydrogen-bond donors (Lipinski definition) is 0. The lowest BCUT2D eigenvalue weighted by Crippen LogP contribution is -2.31. The summed E-state index contributed by atoms with van der Waals surface area (Å²) in [6.45, 7) is 4.48. The monoisotopic (exact) mass is 492 g/mol. The number of nitrogens with zero attached hydrogens (tertiary/aromatic N) is 6. The minimum absolute atomic E-state index is 0.194. The van der Waals surface area contributed by atoms with Gasteiger partial charge < -0.3 is 4.90 Å². The first-order valence-electron chi connectivity index (χ1n) is 12.8. The number of benzene rings is 3. The van der Waals surface area contributed by atoms with Crippen LogP contribution in [0.5, 0.6) is 0 Å². The van der Waals surface area contributed by atoms with Crippen LogP contribution in [0, 0.1) is 5.82 Å². The highest BCUT2D eigenvalue weighted by atomic mass is 19.1. The number of halogens is 1. The van der Waals surface area contributed by atoms with Gasteiger partial charge in [-0.3, -0.25) is 4.90 Å². The average molecular weight is 493 g/mol. The van der Waals surface area contributed by atoms with Crippen LogP contribution in [0.4, 0.5) is 10.2 Å². The summed E-state index contributed by atoms with van der Waals surface area (Å²) in [5.41, 5.74) is 4.12. The van der Waals surface area contributed by atoms with Crippen LogP contribution >= 0.6 is 0 Å². The second-order valence-electron chi connectivity index (χ2n) is 9.50. The zero-order chi connectivity index (χ0) is 25.0. The van der Waals surface area contributed by atoms with Crippen LogP contribution in [-0.4, -0.2) is 50.8 Å². The summed E-state index contributed by atoms with van der Waals surface area (Å²) in [4.78, 5) is 14.9. The molecule has 0 N–H and O–H groups in total. The molecule has 0 saturated carbocycles. The van der Waals surface area contributed by atoms with Crippen molar-refractivity contribution in [3.63, 3.8) is 0 Å². The molecule has 0 radical (unpaired) electrons. The van der Waals surface area contributed by atoms with Crippen LogP contribution in [0.2, 0.25) is 0 Å². The molecular formula is C30H29FN6. The Morgan fingerprint density at radius 1 is 0.730 bits per heavy atom. The van der Waals surface area contributed by atoms with Crippen LogP contribution in [-0.2, 0) is 13.0 Å². The van der Waals surface area contributed by atoms with Crippen LogP contribution < -0.4 is 4.90 Å². The molecule has 0 atom stereocenters. The van der Waals surface area contributed by atoms with E-state index in [0.29, 0.717) is 6.42 Å². The molecule has 0 aliphatic carbocycles. The van der Waals surface area contributed by atoms with Crippen molar-refractivity contribution in [2.24, 2.45) is 0 Å². The largest absolute Gasteiger partial charge is 0.355 e. The summed E-state index contributed by atoms with van der Waals surface area (Å²) in [6.07, 6.45) is 3.58. The Hall–Kier alpha value is -4.10. The first-order chi connectivity index (χ1) is 18.2. The molecule has 3 heterocycles. The van der Waals surface area contributed by atoms with Gasteiger partial charge in [0.25, 0.3) is 0 Å². The maximum Gasteiger partial charge on any atom is 0.168 e. The third kappa shape index (κ3) is 5.22. The number of para-hydroxylation sites is 1. The molecule has 1 aliphatic rings. The van der Waals surface area contributed by atoms with E-state index in [0.717, 1.165) is 73.1 Å². The third-order valence-electron chi connectivity index (χ3n) is 6.87. The number of rotatable bonds is 6. The molecule has 6 nitrogen and oxygen atoms in total. The van der Waals surface area contributed by atoms with E-state index in [9.17, 15) is 4.39 Å². The maximum absolute atomic E-state index is 13.3. The van der Waals surface area contributed by atoms with Crippen molar-refractivity contribution >= 4 is 16.9 Å². The normalized spacial score (nSPS) is 14.7. The van der Waals surface area contributed by atoms with E-state index in [1.54, 1.807) is 0 Å². The fraction of sp³-hybridized carbons (Fsp3) is 0.233. The van der Waals surface area contributed by atoms with Crippen LogP contribution in [0.15, 0.2) is 91.1 Å². The lowest BCUT2D eigenvalue weighted by Gasteiger charge is -2.24. The molecule has 37 heavy (non-hydrogen) atoms. The molecule has 186 valence electrons. The molecule has 1 saturated heterocycles. The van der Waals surface area contributed by atoms with E-state index < -0.39 is 0 Å². The molecule has 3 aromatic carbocycles. The molecule has 6 rings (SSSR count). The van der Waals surface area contributed by atoms with Gasteiger partial charge in [0.05, 0.1) is 17.3 Å². The van der Waals surface area contributed by atoms with Crippen LogP contribution in [0.25, 0.3) is 16.7 Å². The van der Waals surface area contributed by atoms with Gasteiger partial charge in [-0.25, -0.2) is 19.0 Å². The van der Waals surface area contributed by atoms with Crippen molar-refractivity contribution in [2.75, 3.05) is 31.1 Å². The highest BCUT2D eigenvalue weighted by Gasteiger charge is 2.22. The summed E-state index contributed by atoms with van der Waals surface area (Å²) < 4.78 is 15.2. The van der Waals surface area contributed by atoms with Gasteiger partial charge in [-0.1, -0.05) is 60.7 Å². The van der Waals surface area contributed by atoms with Gasteiger partial charge in [0.15, 0.2) is 5.65 Å². The SMILES string of the molecule is Fc1ccc(CN2CCCN(c3nc(Cc4ccccc4)nc4c3cnn4-c3ccccc3)CC2)cc1. The van der Waals surface area contributed by atoms with Crippen LogP contribution in [0.1, 0.15) is 23.4 Å². The van der Waals surface area contributed by atoms with Crippen molar-refractivity contribution in [3.8, 4) is 5.69 Å². The molecule has 0 unspecified atom stereocenters. The second-order valence-corrected chi connectivity index (χ2v) is 9.50. The molecule has 0 amide bonds. The Kier molecular flexibility index (Phi) is 6.60. The predicted octanol–water partition coefficient (Wildman–Crippen LogP) is 5.26. The molecule has 2 aromatic heterocycles. The van der Waals surface area contributed by atoms with Gasteiger partial charge in [0.1, 0.15) is 17.5 Å². The smallest absolute Gasteiger partial charge is 0.168 e. The minimum atomic E-state index is -0.194. The van der Waals surface area contributed by atoms with E-state index in [1.165, 1.54) is 17.7 Å².